The summed E-state index contributed by atoms with van der Waals surface area (Å²) in [7, 11) is 6.14. The molecule has 16 heavy (non-hydrogen) atoms. The second-order valence-electron chi connectivity index (χ2n) is 4.91. The van der Waals surface area contributed by atoms with Gasteiger partial charge in [0, 0.05) is 18.1 Å². The van der Waals surface area contributed by atoms with E-state index < -0.39 is 0 Å². The molecule has 0 radical (unpaired) electrons. The fraction of sp³-hybridized carbons (Fsp3) is 1.00. The van der Waals surface area contributed by atoms with Crippen LogP contribution < -0.4 is 16.0 Å². The molecule has 0 amide bonds. The van der Waals surface area contributed by atoms with Gasteiger partial charge in [0.1, 0.15) is 0 Å². The van der Waals surface area contributed by atoms with Gasteiger partial charge in [0.05, 0.1) is 0 Å². The van der Waals surface area contributed by atoms with Crippen molar-refractivity contribution in [3.05, 3.63) is 0 Å². The van der Waals surface area contributed by atoms with Crippen molar-refractivity contribution in [2.45, 2.75) is 58.2 Å². The smallest absolute Gasteiger partial charge is 0.0218 e. The van der Waals surface area contributed by atoms with Gasteiger partial charge in [-0.25, -0.2) is 0 Å². The molecule has 0 saturated heterocycles. The highest BCUT2D eigenvalue weighted by Gasteiger charge is 2.19. The molecule has 0 heterocycles. The second-order valence-corrected chi connectivity index (χ2v) is 4.91. The summed E-state index contributed by atoms with van der Waals surface area (Å²) >= 11 is 0. The van der Waals surface area contributed by atoms with Gasteiger partial charge in [0.15, 0.2) is 0 Å². The third-order valence-electron chi connectivity index (χ3n) is 3.77. The molecule has 3 heteroatoms. The molecule has 3 nitrogen and oxygen atoms in total. The van der Waals surface area contributed by atoms with Crippen LogP contribution in [0.2, 0.25) is 0 Å². The zero-order valence-electron chi connectivity index (χ0n) is 11.9. The van der Waals surface area contributed by atoms with E-state index in [0.717, 1.165) is 5.92 Å². The molecule has 0 fully saturated rings. The molecule has 0 aromatic carbocycles. The van der Waals surface area contributed by atoms with Crippen LogP contribution in [0.4, 0.5) is 0 Å². The Balaban J connectivity index is 4.16. The Hall–Kier alpha value is -0.120. The highest BCUT2D eigenvalue weighted by molar-refractivity contribution is 4.80. The van der Waals surface area contributed by atoms with E-state index in [9.17, 15) is 0 Å². The van der Waals surface area contributed by atoms with E-state index in [-0.39, 0.29) is 0 Å². The first-order valence-corrected chi connectivity index (χ1v) is 6.60. The van der Waals surface area contributed by atoms with Crippen molar-refractivity contribution in [2.24, 2.45) is 5.92 Å². The van der Waals surface area contributed by atoms with Gasteiger partial charge in [-0.1, -0.05) is 13.3 Å². The molecule has 0 aliphatic heterocycles. The molecule has 0 aliphatic carbocycles. The molecule has 0 aromatic heterocycles. The highest BCUT2D eigenvalue weighted by Crippen LogP contribution is 2.18. The van der Waals surface area contributed by atoms with E-state index in [1.807, 2.05) is 14.1 Å². The van der Waals surface area contributed by atoms with Crippen molar-refractivity contribution in [1.29, 1.82) is 0 Å². The third kappa shape index (κ3) is 5.83. The predicted molar refractivity (Wildman–Crippen MR) is 72.9 cm³/mol. The summed E-state index contributed by atoms with van der Waals surface area (Å²) in [6, 6.07) is 1.72. The first-order chi connectivity index (χ1) is 7.58. The van der Waals surface area contributed by atoms with Crippen molar-refractivity contribution < 1.29 is 0 Å². The molecule has 0 bridgehead atoms. The van der Waals surface area contributed by atoms with Crippen molar-refractivity contribution in [3.8, 4) is 0 Å². The lowest BCUT2D eigenvalue weighted by Gasteiger charge is -2.28. The van der Waals surface area contributed by atoms with Gasteiger partial charge in [-0.15, -0.1) is 0 Å². The lowest BCUT2D eigenvalue weighted by Crippen LogP contribution is -2.44. The van der Waals surface area contributed by atoms with Crippen molar-refractivity contribution in [2.75, 3.05) is 21.1 Å². The van der Waals surface area contributed by atoms with E-state index in [0.29, 0.717) is 18.1 Å². The molecule has 0 spiro atoms. The summed E-state index contributed by atoms with van der Waals surface area (Å²) in [5, 5.41) is 10.1. The summed E-state index contributed by atoms with van der Waals surface area (Å²) in [5.41, 5.74) is 0. The van der Waals surface area contributed by atoms with Crippen LogP contribution in [0.1, 0.15) is 40.0 Å². The molecule has 0 aliphatic rings. The minimum Gasteiger partial charge on any atom is -0.317 e. The minimum atomic E-state index is 0.531. The molecule has 3 N–H and O–H groups in total. The van der Waals surface area contributed by atoms with Crippen molar-refractivity contribution in [1.82, 2.24) is 16.0 Å². The maximum Gasteiger partial charge on any atom is 0.0218 e. The first-order valence-electron chi connectivity index (χ1n) is 6.60. The molecule has 4 atom stereocenters. The summed E-state index contributed by atoms with van der Waals surface area (Å²) in [6.45, 7) is 6.80. The normalized spacial score (nSPS) is 19.1. The third-order valence-corrected chi connectivity index (χ3v) is 3.77. The number of likely N-dealkylation sites (N-methyl/N-ethyl adjacent to an activating group) is 2. The van der Waals surface area contributed by atoms with Crippen LogP contribution in [0.5, 0.6) is 0 Å². The summed E-state index contributed by atoms with van der Waals surface area (Å²) < 4.78 is 0. The van der Waals surface area contributed by atoms with Crippen molar-refractivity contribution in [3.63, 3.8) is 0 Å². The zero-order valence-corrected chi connectivity index (χ0v) is 11.9. The highest BCUT2D eigenvalue weighted by atomic mass is 15.0. The molecule has 0 aromatic rings. The van der Waals surface area contributed by atoms with Crippen LogP contribution in [0.3, 0.4) is 0 Å². The molecule has 0 rings (SSSR count). The van der Waals surface area contributed by atoms with E-state index in [4.69, 9.17) is 0 Å². The maximum absolute atomic E-state index is 3.43. The molecule has 98 valence electrons. The Morgan fingerprint density at radius 3 is 1.88 bits per heavy atom. The summed E-state index contributed by atoms with van der Waals surface area (Å²) in [4.78, 5) is 0. The Kier molecular flexibility index (Phi) is 8.90. The van der Waals surface area contributed by atoms with Gasteiger partial charge in [0.2, 0.25) is 0 Å². The van der Waals surface area contributed by atoms with Crippen LogP contribution in [0.15, 0.2) is 0 Å². The average Bonchev–Trinajstić information content (AvgIpc) is 2.32. The molecular formula is C13H31N3. The van der Waals surface area contributed by atoms with Gasteiger partial charge in [-0.05, 0) is 53.8 Å². The minimum absolute atomic E-state index is 0.531. The van der Waals surface area contributed by atoms with Gasteiger partial charge in [0.25, 0.3) is 0 Å². The standard InChI is InChI=1S/C13H31N3/c1-7-12(8-10(2)14-4)9-13(16-6)11(3)15-5/h10-16H,7-9H2,1-6H3. The van der Waals surface area contributed by atoms with Crippen LogP contribution in [-0.4, -0.2) is 39.3 Å². The van der Waals surface area contributed by atoms with E-state index >= 15 is 0 Å². The number of rotatable bonds is 9. The maximum atomic E-state index is 3.43. The SMILES string of the molecule is CCC(CC(C)NC)CC(NC)C(C)NC. The predicted octanol–water partition coefficient (Wildman–Crippen LogP) is 1.60. The van der Waals surface area contributed by atoms with Gasteiger partial charge >= 0.3 is 0 Å². The quantitative estimate of drug-likeness (QED) is 0.562. The van der Waals surface area contributed by atoms with E-state index in [1.54, 1.807) is 0 Å². The summed E-state index contributed by atoms with van der Waals surface area (Å²) in [5.74, 6) is 0.802. The Labute approximate surface area is 102 Å². The first kappa shape index (κ1) is 15.9. The zero-order chi connectivity index (χ0) is 12.6. The Bertz CT molecular complexity index is 161. The van der Waals surface area contributed by atoms with Crippen LogP contribution in [0.25, 0.3) is 0 Å². The Morgan fingerprint density at radius 1 is 0.875 bits per heavy atom. The number of hydrogen-bond donors (Lipinski definition) is 3. The Morgan fingerprint density at radius 2 is 1.50 bits per heavy atom. The number of hydrogen-bond acceptors (Lipinski definition) is 3. The van der Waals surface area contributed by atoms with Gasteiger partial charge in [-0.3, -0.25) is 0 Å². The average molecular weight is 229 g/mol. The van der Waals surface area contributed by atoms with Gasteiger partial charge < -0.3 is 16.0 Å². The number of nitrogens with one attached hydrogen (secondary N) is 3. The van der Waals surface area contributed by atoms with Crippen LogP contribution in [0, 0.1) is 5.92 Å². The topological polar surface area (TPSA) is 36.1 Å². The second kappa shape index (κ2) is 8.97. The molecule has 4 unspecified atom stereocenters. The monoisotopic (exact) mass is 229 g/mol. The summed E-state index contributed by atoms with van der Waals surface area (Å²) in [6.07, 6.45) is 3.78. The van der Waals surface area contributed by atoms with Crippen LogP contribution in [-0.2, 0) is 0 Å². The van der Waals surface area contributed by atoms with Crippen LogP contribution >= 0.6 is 0 Å². The van der Waals surface area contributed by atoms with E-state index in [2.05, 4.69) is 43.8 Å². The van der Waals surface area contributed by atoms with E-state index in [1.165, 1.54) is 19.3 Å². The van der Waals surface area contributed by atoms with Gasteiger partial charge in [-0.2, -0.15) is 0 Å². The van der Waals surface area contributed by atoms with Crippen molar-refractivity contribution >= 4 is 0 Å². The fourth-order valence-corrected chi connectivity index (χ4v) is 2.18. The molecule has 0 saturated carbocycles. The fourth-order valence-electron chi connectivity index (χ4n) is 2.18. The lowest BCUT2D eigenvalue weighted by atomic mass is 9.89. The molecular weight excluding hydrogens is 198 g/mol. The largest absolute Gasteiger partial charge is 0.317 e. The lowest BCUT2D eigenvalue weighted by molar-refractivity contribution is 0.304.